The van der Waals surface area contributed by atoms with E-state index in [1.54, 1.807) is 32.4 Å². The van der Waals surface area contributed by atoms with Gasteiger partial charge in [0.15, 0.2) is 0 Å². The number of nitrogens with one attached hydrogen (secondary N) is 2. The molecule has 0 spiro atoms. The first-order valence-electron chi connectivity index (χ1n) is 8.02. The number of anilines is 1. The van der Waals surface area contributed by atoms with Crippen LogP contribution in [0.3, 0.4) is 0 Å². The number of rotatable bonds is 6. The smallest absolute Gasteiger partial charge is 0.251 e. The Hall–Kier alpha value is -3.02. The second kappa shape index (κ2) is 7.25. The summed E-state index contributed by atoms with van der Waals surface area (Å²) in [5, 5.41) is 5.65. The molecule has 2 N–H and O–H groups in total. The molecule has 2 aromatic rings. The number of benzene rings is 2. The number of fused-ring (bicyclic) bond motifs is 1. The molecule has 2 amide bonds. The van der Waals surface area contributed by atoms with Crippen LogP contribution in [-0.4, -0.2) is 32.6 Å². The number of hydrogen-bond donors (Lipinski definition) is 2. The summed E-state index contributed by atoms with van der Waals surface area (Å²) in [6, 6.07) is 10.8. The van der Waals surface area contributed by atoms with Crippen LogP contribution in [0.5, 0.6) is 11.5 Å². The van der Waals surface area contributed by atoms with Gasteiger partial charge >= 0.3 is 0 Å². The molecule has 0 unspecified atom stereocenters. The third-order valence-corrected chi connectivity index (χ3v) is 4.16. The molecule has 2 aromatic carbocycles. The van der Waals surface area contributed by atoms with E-state index in [1.807, 2.05) is 18.2 Å². The predicted octanol–water partition coefficient (Wildman–Crippen LogP) is 2.17. The van der Waals surface area contributed by atoms with Gasteiger partial charge in [-0.1, -0.05) is 0 Å². The minimum absolute atomic E-state index is 0.0438. The van der Waals surface area contributed by atoms with Crippen molar-refractivity contribution < 1.29 is 19.1 Å². The molecule has 1 aliphatic rings. The van der Waals surface area contributed by atoms with Crippen molar-refractivity contribution in [1.82, 2.24) is 5.32 Å². The highest BCUT2D eigenvalue weighted by molar-refractivity contribution is 6.01. The SMILES string of the molecule is COc1ccc(OC)c(CCNC(=O)c2ccc3c(c2)CC(=O)N3)c1. The van der Waals surface area contributed by atoms with Crippen molar-refractivity contribution in [1.29, 1.82) is 0 Å². The van der Waals surface area contributed by atoms with E-state index < -0.39 is 0 Å². The molecule has 0 saturated carbocycles. The first-order chi connectivity index (χ1) is 12.1. The molecule has 1 aliphatic heterocycles. The Morgan fingerprint density at radius 1 is 1.16 bits per heavy atom. The Kier molecular flexibility index (Phi) is 4.88. The van der Waals surface area contributed by atoms with Crippen molar-refractivity contribution in [3.63, 3.8) is 0 Å². The normalized spacial score (nSPS) is 12.3. The zero-order chi connectivity index (χ0) is 17.8. The second-order valence-electron chi connectivity index (χ2n) is 5.78. The van der Waals surface area contributed by atoms with Gasteiger partial charge in [0.1, 0.15) is 11.5 Å². The highest BCUT2D eigenvalue weighted by atomic mass is 16.5. The quantitative estimate of drug-likeness (QED) is 0.845. The summed E-state index contributed by atoms with van der Waals surface area (Å²) in [7, 11) is 3.23. The summed E-state index contributed by atoms with van der Waals surface area (Å²) in [4.78, 5) is 23.7. The van der Waals surface area contributed by atoms with E-state index in [0.29, 0.717) is 24.9 Å². The van der Waals surface area contributed by atoms with Gasteiger partial charge in [0.05, 0.1) is 20.6 Å². The Morgan fingerprint density at radius 2 is 2.00 bits per heavy atom. The van der Waals surface area contributed by atoms with Gasteiger partial charge in [0, 0.05) is 17.8 Å². The van der Waals surface area contributed by atoms with Crippen LogP contribution in [0.2, 0.25) is 0 Å². The number of carbonyl (C=O) groups is 2. The van der Waals surface area contributed by atoms with Crippen molar-refractivity contribution in [2.24, 2.45) is 0 Å². The minimum atomic E-state index is -0.163. The molecule has 0 radical (unpaired) electrons. The molecule has 130 valence electrons. The van der Waals surface area contributed by atoms with Crippen LogP contribution in [0.4, 0.5) is 5.69 Å². The van der Waals surface area contributed by atoms with Gasteiger partial charge in [0.25, 0.3) is 5.91 Å². The van der Waals surface area contributed by atoms with Gasteiger partial charge in [-0.3, -0.25) is 9.59 Å². The van der Waals surface area contributed by atoms with E-state index in [9.17, 15) is 9.59 Å². The molecule has 6 nitrogen and oxygen atoms in total. The summed E-state index contributed by atoms with van der Waals surface area (Å²) in [6.07, 6.45) is 0.939. The topological polar surface area (TPSA) is 76.7 Å². The fourth-order valence-electron chi connectivity index (χ4n) is 2.86. The number of ether oxygens (including phenoxy) is 2. The molecule has 0 aliphatic carbocycles. The van der Waals surface area contributed by atoms with Gasteiger partial charge in [-0.15, -0.1) is 0 Å². The lowest BCUT2D eigenvalue weighted by atomic mass is 10.1. The molecule has 3 rings (SSSR count). The monoisotopic (exact) mass is 340 g/mol. The first kappa shape index (κ1) is 16.8. The zero-order valence-corrected chi connectivity index (χ0v) is 14.2. The Labute approximate surface area is 146 Å². The maximum absolute atomic E-state index is 12.3. The summed E-state index contributed by atoms with van der Waals surface area (Å²) in [6.45, 7) is 0.469. The van der Waals surface area contributed by atoms with E-state index in [1.165, 1.54) is 0 Å². The lowest BCUT2D eigenvalue weighted by molar-refractivity contribution is -0.115. The van der Waals surface area contributed by atoms with E-state index in [0.717, 1.165) is 28.3 Å². The molecule has 0 saturated heterocycles. The molecule has 0 aromatic heterocycles. The second-order valence-corrected chi connectivity index (χ2v) is 5.78. The average molecular weight is 340 g/mol. The summed E-state index contributed by atoms with van der Waals surface area (Å²) < 4.78 is 10.6. The molecule has 0 fully saturated rings. The maximum atomic E-state index is 12.3. The van der Waals surface area contributed by atoms with Crippen LogP contribution < -0.4 is 20.1 Å². The van der Waals surface area contributed by atoms with Crippen LogP contribution >= 0.6 is 0 Å². The molecule has 0 atom stereocenters. The molecule has 6 heteroatoms. The highest BCUT2D eigenvalue weighted by Crippen LogP contribution is 2.25. The van der Waals surface area contributed by atoms with E-state index in [2.05, 4.69) is 10.6 Å². The molecular weight excluding hydrogens is 320 g/mol. The molecule has 0 bridgehead atoms. The number of amides is 2. The van der Waals surface area contributed by atoms with Gasteiger partial charge in [-0.25, -0.2) is 0 Å². The summed E-state index contributed by atoms with van der Waals surface area (Å²) in [5.74, 6) is 1.30. The molecule has 25 heavy (non-hydrogen) atoms. The van der Waals surface area contributed by atoms with Crippen molar-refractivity contribution in [3.05, 3.63) is 53.1 Å². The largest absolute Gasteiger partial charge is 0.497 e. The van der Waals surface area contributed by atoms with Crippen molar-refractivity contribution in [2.75, 3.05) is 26.1 Å². The average Bonchev–Trinajstić information content (AvgIpc) is 3.00. The lowest BCUT2D eigenvalue weighted by Crippen LogP contribution is -2.25. The molecular formula is C19H20N2O4. The number of hydrogen-bond acceptors (Lipinski definition) is 4. The Balaban J connectivity index is 1.62. The van der Waals surface area contributed by atoms with Crippen LogP contribution in [-0.2, 0) is 17.6 Å². The van der Waals surface area contributed by atoms with Gasteiger partial charge in [0.2, 0.25) is 5.91 Å². The van der Waals surface area contributed by atoms with Crippen molar-refractivity contribution in [2.45, 2.75) is 12.8 Å². The maximum Gasteiger partial charge on any atom is 0.251 e. The lowest BCUT2D eigenvalue weighted by Gasteiger charge is -2.11. The fourth-order valence-corrected chi connectivity index (χ4v) is 2.86. The third kappa shape index (κ3) is 3.74. The van der Waals surface area contributed by atoms with Crippen LogP contribution in [0.25, 0.3) is 0 Å². The van der Waals surface area contributed by atoms with E-state index in [-0.39, 0.29) is 11.8 Å². The van der Waals surface area contributed by atoms with Crippen LogP contribution in [0, 0.1) is 0 Å². The number of carbonyl (C=O) groups excluding carboxylic acids is 2. The van der Waals surface area contributed by atoms with E-state index >= 15 is 0 Å². The van der Waals surface area contributed by atoms with Crippen LogP contribution in [0.15, 0.2) is 36.4 Å². The molecule has 1 heterocycles. The summed E-state index contributed by atoms with van der Waals surface area (Å²) >= 11 is 0. The first-order valence-corrected chi connectivity index (χ1v) is 8.02. The van der Waals surface area contributed by atoms with Gasteiger partial charge in [-0.2, -0.15) is 0 Å². The minimum Gasteiger partial charge on any atom is -0.497 e. The van der Waals surface area contributed by atoms with Gasteiger partial charge in [-0.05, 0) is 53.9 Å². The summed E-state index contributed by atoms with van der Waals surface area (Å²) in [5.41, 5.74) is 3.15. The predicted molar refractivity (Wildman–Crippen MR) is 94.4 cm³/mol. The highest BCUT2D eigenvalue weighted by Gasteiger charge is 2.19. The van der Waals surface area contributed by atoms with E-state index in [4.69, 9.17) is 9.47 Å². The standard InChI is InChI=1S/C19H20N2O4/c1-24-15-4-6-17(25-2)12(10-15)7-8-20-19(23)13-3-5-16-14(9-13)11-18(22)21-16/h3-6,9-10H,7-8,11H2,1-2H3,(H,20,23)(H,21,22). The van der Waals surface area contributed by atoms with Crippen molar-refractivity contribution in [3.8, 4) is 11.5 Å². The zero-order valence-electron chi connectivity index (χ0n) is 14.2. The Morgan fingerprint density at radius 3 is 2.76 bits per heavy atom. The van der Waals surface area contributed by atoms with Crippen LogP contribution in [0.1, 0.15) is 21.5 Å². The Bertz CT molecular complexity index is 817. The third-order valence-electron chi connectivity index (χ3n) is 4.16. The fraction of sp³-hybridized carbons (Fsp3) is 0.263. The van der Waals surface area contributed by atoms with Gasteiger partial charge < -0.3 is 20.1 Å². The number of methoxy groups -OCH3 is 2. The van der Waals surface area contributed by atoms with Crippen molar-refractivity contribution >= 4 is 17.5 Å².